The largest absolute Gasteiger partial charge is 0.457 e. The third-order valence-corrected chi connectivity index (χ3v) is 9.10. The summed E-state index contributed by atoms with van der Waals surface area (Å²) in [5, 5.41) is 0. The lowest BCUT2D eigenvalue weighted by molar-refractivity contribution is -0.145. The van der Waals surface area contributed by atoms with Crippen LogP contribution in [0.5, 0.6) is 0 Å². The molecule has 0 saturated heterocycles. The fourth-order valence-corrected chi connectivity index (χ4v) is 6.15. The Morgan fingerprint density at radius 3 is 2.50 bits per heavy atom. The first-order chi connectivity index (χ1) is 10.0. The predicted molar refractivity (Wildman–Crippen MR) is 99.1 cm³/mol. The number of hydrogen-bond donors (Lipinski definition) is 0. The van der Waals surface area contributed by atoms with Gasteiger partial charge in [0, 0.05) is 11.8 Å². The smallest absolute Gasteiger partial charge is 0.303 e. The van der Waals surface area contributed by atoms with Crippen LogP contribution in [0.15, 0.2) is 11.1 Å². The van der Waals surface area contributed by atoms with Crippen molar-refractivity contribution < 1.29 is 9.53 Å². The highest BCUT2D eigenvalue weighted by Crippen LogP contribution is 2.57. The zero-order valence-electron chi connectivity index (χ0n) is 13.9. The molecule has 0 heterocycles. The number of carbonyl (C=O) groups is 1. The number of fused-ring (bicyclic) bond motifs is 1. The summed E-state index contributed by atoms with van der Waals surface area (Å²) in [4.78, 5) is 11.6. The van der Waals surface area contributed by atoms with Gasteiger partial charge in [0.15, 0.2) is 0 Å². The summed E-state index contributed by atoms with van der Waals surface area (Å²) >= 11 is 14.4. The topological polar surface area (TPSA) is 26.3 Å². The second-order valence-electron chi connectivity index (χ2n) is 7.29. The Morgan fingerprint density at radius 1 is 1.36 bits per heavy atom. The number of halogens is 3. The van der Waals surface area contributed by atoms with Gasteiger partial charge in [0.2, 0.25) is 0 Å². The van der Waals surface area contributed by atoms with Crippen molar-refractivity contribution in [2.45, 2.75) is 74.5 Å². The summed E-state index contributed by atoms with van der Waals surface area (Å²) in [5.41, 5.74) is 2.69. The lowest BCUT2D eigenvalue weighted by atomic mass is 9.62. The molecule has 22 heavy (non-hydrogen) atoms. The van der Waals surface area contributed by atoms with E-state index in [0.29, 0.717) is 5.92 Å². The van der Waals surface area contributed by atoms with Crippen LogP contribution in [0.3, 0.4) is 0 Å². The minimum atomic E-state index is -0.244. The average molecular weight is 457 g/mol. The van der Waals surface area contributed by atoms with Crippen LogP contribution < -0.4 is 0 Å². The molecule has 0 radical (unpaired) electrons. The van der Waals surface area contributed by atoms with Crippen molar-refractivity contribution >= 4 is 49.4 Å². The van der Waals surface area contributed by atoms with E-state index >= 15 is 0 Å². The van der Waals surface area contributed by atoms with E-state index in [4.69, 9.17) is 16.3 Å². The van der Waals surface area contributed by atoms with Crippen LogP contribution in [0, 0.1) is 11.3 Å². The van der Waals surface area contributed by atoms with E-state index in [1.165, 1.54) is 18.1 Å². The lowest BCUT2D eigenvalue weighted by Gasteiger charge is -2.48. The van der Waals surface area contributed by atoms with Crippen molar-refractivity contribution in [3.8, 4) is 0 Å². The zero-order chi connectivity index (χ0) is 16.9. The molecule has 2 aliphatic carbocycles. The van der Waals surface area contributed by atoms with E-state index in [9.17, 15) is 4.79 Å². The quantitative estimate of drug-likeness (QED) is 0.292. The fourth-order valence-electron chi connectivity index (χ4n) is 3.98. The minimum absolute atomic E-state index is 0.0652. The predicted octanol–water partition coefficient (Wildman–Crippen LogP) is 5.60. The summed E-state index contributed by atoms with van der Waals surface area (Å²) in [6.07, 6.45) is 2.71. The van der Waals surface area contributed by atoms with Gasteiger partial charge in [-0.2, -0.15) is 0 Å². The first-order valence-electron chi connectivity index (χ1n) is 7.85. The van der Waals surface area contributed by atoms with Crippen molar-refractivity contribution in [1.29, 1.82) is 0 Å². The van der Waals surface area contributed by atoms with Gasteiger partial charge in [0.1, 0.15) is 6.10 Å². The summed E-state index contributed by atoms with van der Waals surface area (Å²) in [6.45, 7) is 10.3. The number of esters is 1. The van der Waals surface area contributed by atoms with Gasteiger partial charge in [-0.15, -0.1) is 11.6 Å². The van der Waals surface area contributed by atoms with E-state index in [0.717, 1.165) is 19.3 Å². The standard InChI is InChI=1S/C17H25Br2ClO2/c1-9-12-6-7-17(5,20)13(18)8-16(12,4)10(2)14(19)15(9)22-11(3)21/h10,13-15H,6-8H2,1-5H3/t10-,13-,14+,15?,16+,17-/m0/s1. The van der Waals surface area contributed by atoms with Gasteiger partial charge in [-0.1, -0.05) is 51.3 Å². The molecule has 2 aliphatic rings. The lowest BCUT2D eigenvalue weighted by Crippen LogP contribution is -2.47. The highest BCUT2D eigenvalue weighted by atomic mass is 79.9. The van der Waals surface area contributed by atoms with Crippen molar-refractivity contribution in [2.75, 3.05) is 0 Å². The molecule has 0 amide bonds. The molecule has 126 valence electrons. The number of hydrogen-bond acceptors (Lipinski definition) is 2. The summed E-state index contributed by atoms with van der Waals surface area (Å²) < 4.78 is 5.61. The van der Waals surface area contributed by atoms with Crippen LogP contribution in [0.4, 0.5) is 0 Å². The number of allylic oxidation sites excluding steroid dienone is 1. The van der Waals surface area contributed by atoms with Gasteiger partial charge in [-0.05, 0) is 50.0 Å². The van der Waals surface area contributed by atoms with Crippen LogP contribution in [0.2, 0.25) is 0 Å². The fraction of sp³-hybridized carbons (Fsp3) is 0.824. The molecule has 0 bridgehead atoms. The van der Waals surface area contributed by atoms with Crippen molar-refractivity contribution in [3.05, 3.63) is 11.1 Å². The van der Waals surface area contributed by atoms with E-state index in [1.807, 2.05) is 0 Å². The number of alkyl halides is 3. The number of carbonyl (C=O) groups excluding carboxylic acids is 1. The normalized spacial score (nSPS) is 46.0. The molecular formula is C17H25Br2ClO2. The molecule has 0 aromatic heterocycles. The number of ether oxygens (including phenoxy) is 1. The van der Waals surface area contributed by atoms with Gasteiger partial charge >= 0.3 is 5.97 Å². The molecule has 2 nitrogen and oxygen atoms in total. The second-order valence-corrected chi connectivity index (χ2v) is 10.3. The zero-order valence-corrected chi connectivity index (χ0v) is 17.8. The van der Waals surface area contributed by atoms with Crippen LogP contribution in [0.25, 0.3) is 0 Å². The Morgan fingerprint density at radius 2 is 1.95 bits per heavy atom. The average Bonchev–Trinajstić information content (AvgIpc) is 2.49. The molecule has 1 fully saturated rings. The third kappa shape index (κ3) is 3.17. The Hall–Kier alpha value is 0.460. The summed E-state index contributed by atoms with van der Waals surface area (Å²) in [7, 11) is 0. The third-order valence-electron chi connectivity index (χ3n) is 5.78. The van der Waals surface area contributed by atoms with E-state index in [1.54, 1.807) is 0 Å². The van der Waals surface area contributed by atoms with E-state index < -0.39 is 0 Å². The van der Waals surface area contributed by atoms with Crippen LogP contribution in [0.1, 0.15) is 53.9 Å². The van der Waals surface area contributed by atoms with Crippen molar-refractivity contribution in [3.63, 3.8) is 0 Å². The SMILES string of the molecule is CC(=O)OC1C(C)=C2CC[C@](C)(Cl)[C@@H](Br)C[C@]2(C)[C@@H](C)[C@H]1Br. The molecule has 0 aliphatic heterocycles. The molecule has 1 saturated carbocycles. The Balaban J connectivity index is 2.50. The highest BCUT2D eigenvalue weighted by Gasteiger charge is 2.52. The van der Waals surface area contributed by atoms with Gasteiger partial charge in [-0.3, -0.25) is 4.79 Å². The monoisotopic (exact) mass is 454 g/mol. The first-order valence-corrected chi connectivity index (χ1v) is 10.1. The maximum absolute atomic E-state index is 11.5. The van der Waals surface area contributed by atoms with Crippen molar-refractivity contribution in [1.82, 2.24) is 0 Å². The Labute approximate surface area is 155 Å². The van der Waals surface area contributed by atoms with E-state index in [-0.39, 0.29) is 32.0 Å². The molecule has 2 rings (SSSR count). The van der Waals surface area contributed by atoms with Gasteiger partial charge < -0.3 is 4.74 Å². The van der Waals surface area contributed by atoms with E-state index in [2.05, 4.69) is 59.6 Å². The van der Waals surface area contributed by atoms with Gasteiger partial charge in [0.25, 0.3) is 0 Å². The maximum Gasteiger partial charge on any atom is 0.303 e. The summed E-state index contributed by atoms with van der Waals surface area (Å²) in [6, 6.07) is 0. The molecule has 1 unspecified atom stereocenters. The summed E-state index contributed by atoms with van der Waals surface area (Å²) in [5.74, 6) is 0.139. The molecule has 6 atom stereocenters. The molecular weight excluding hydrogens is 431 g/mol. The Kier molecular flexibility index (Phi) is 5.47. The second kappa shape index (κ2) is 6.40. The molecule has 0 spiro atoms. The maximum atomic E-state index is 11.5. The minimum Gasteiger partial charge on any atom is -0.457 e. The molecule has 0 aromatic carbocycles. The molecule has 0 aromatic rings. The molecule has 0 N–H and O–H groups in total. The first kappa shape index (κ1) is 18.8. The highest BCUT2D eigenvalue weighted by molar-refractivity contribution is 9.09. The van der Waals surface area contributed by atoms with Crippen LogP contribution >= 0.6 is 43.5 Å². The van der Waals surface area contributed by atoms with Crippen molar-refractivity contribution in [2.24, 2.45) is 11.3 Å². The van der Waals surface area contributed by atoms with Crippen LogP contribution in [-0.4, -0.2) is 26.6 Å². The van der Waals surface area contributed by atoms with Gasteiger partial charge in [0.05, 0.1) is 9.70 Å². The Bertz CT molecular complexity index is 503. The van der Waals surface area contributed by atoms with Crippen LogP contribution in [-0.2, 0) is 9.53 Å². The molecule has 5 heteroatoms. The van der Waals surface area contributed by atoms with Gasteiger partial charge in [-0.25, -0.2) is 0 Å². The number of rotatable bonds is 1.